The van der Waals surface area contributed by atoms with Gasteiger partial charge in [0.15, 0.2) is 0 Å². The third kappa shape index (κ3) is 5.85. The second-order valence-electron chi connectivity index (χ2n) is 5.62. The van der Waals surface area contributed by atoms with Gasteiger partial charge in [0.1, 0.15) is 9.84 Å². The van der Waals surface area contributed by atoms with Gasteiger partial charge in [-0.25, -0.2) is 8.42 Å². The first-order valence-corrected chi connectivity index (χ1v) is 8.94. The summed E-state index contributed by atoms with van der Waals surface area (Å²) in [6, 6.07) is 3.33. The fourth-order valence-electron chi connectivity index (χ4n) is 2.27. The summed E-state index contributed by atoms with van der Waals surface area (Å²) in [4.78, 5) is 11.9. The fourth-order valence-corrected chi connectivity index (χ4v) is 2.95. The van der Waals surface area contributed by atoms with Crippen molar-refractivity contribution in [3.63, 3.8) is 0 Å². The third-order valence-electron chi connectivity index (χ3n) is 3.42. The summed E-state index contributed by atoms with van der Waals surface area (Å²) in [5.74, 6) is -0.400. The number of rotatable bonds is 6. The number of carbonyl (C=O) groups excluding carboxylic acids is 1. The van der Waals surface area contributed by atoms with Gasteiger partial charge < -0.3 is 11.1 Å². The van der Waals surface area contributed by atoms with Gasteiger partial charge in [0.2, 0.25) is 5.91 Å². The van der Waals surface area contributed by atoms with Crippen LogP contribution in [0.25, 0.3) is 0 Å². The zero-order chi connectivity index (χ0) is 16.2. The number of nitrogens with one attached hydrogen (secondary N) is 1. The largest absolute Gasteiger partial charge is 0.351 e. The molecule has 1 amide bonds. The van der Waals surface area contributed by atoms with Gasteiger partial charge in [-0.1, -0.05) is 17.7 Å². The molecule has 0 bridgehead atoms. The quantitative estimate of drug-likeness (QED) is 0.820. The van der Waals surface area contributed by atoms with Crippen LogP contribution in [-0.4, -0.2) is 32.4 Å². The maximum atomic E-state index is 11.9. The lowest BCUT2D eigenvalue weighted by Gasteiger charge is -2.15. The lowest BCUT2D eigenvalue weighted by Crippen LogP contribution is -2.41. The summed E-state index contributed by atoms with van der Waals surface area (Å²) < 4.78 is 22.1. The zero-order valence-electron chi connectivity index (χ0n) is 13.1. The second-order valence-corrected chi connectivity index (χ2v) is 7.88. The van der Waals surface area contributed by atoms with Crippen molar-refractivity contribution in [2.24, 2.45) is 5.73 Å². The zero-order valence-corrected chi connectivity index (χ0v) is 13.9. The standard InChI is InChI=1S/C15H24N2O3S/c1-10-7-11(2)13(12(3)8-10)9-17-15(18)14(16)5-6-21(4,19)20/h7-8,14H,5-6,9,16H2,1-4H3,(H,17,18). The molecule has 0 spiro atoms. The Hall–Kier alpha value is -1.40. The normalized spacial score (nSPS) is 13.0. The third-order valence-corrected chi connectivity index (χ3v) is 4.39. The molecule has 0 saturated heterocycles. The topological polar surface area (TPSA) is 89.3 Å². The summed E-state index contributed by atoms with van der Waals surface area (Å²) in [6.07, 6.45) is 1.27. The van der Waals surface area contributed by atoms with Crippen LogP contribution in [0.2, 0.25) is 0 Å². The molecule has 1 rings (SSSR count). The van der Waals surface area contributed by atoms with Crippen LogP contribution in [0.5, 0.6) is 0 Å². The second kappa shape index (κ2) is 7.04. The molecular formula is C15H24N2O3S. The molecular weight excluding hydrogens is 288 g/mol. The summed E-state index contributed by atoms with van der Waals surface area (Å²) in [5.41, 5.74) is 10.2. The minimum Gasteiger partial charge on any atom is -0.351 e. The van der Waals surface area contributed by atoms with E-state index in [0.717, 1.165) is 22.9 Å². The van der Waals surface area contributed by atoms with E-state index in [9.17, 15) is 13.2 Å². The van der Waals surface area contributed by atoms with Crippen LogP contribution in [0.15, 0.2) is 12.1 Å². The SMILES string of the molecule is Cc1cc(C)c(CNC(=O)C(N)CCS(C)(=O)=O)c(C)c1. The molecule has 0 fully saturated rings. The maximum Gasteiger partial charge on any atom is 0.237 e. The number of benzene rings is 1. The lowest BCUT2D eigenvalue weighted by atomic mass is 10.00. The first-order chi connectivity index (χ1) is 9.60. The Kier molecular flexibility index (Phi) is 5.92. The van der Waals surface area contributed by atoms with Crippen molar-refractivity contribution in [2.45, 2.75) is 39.8 Å². The highest BCUT2D eigenvalue weighted by Crippen LogP contribution is 2.16. The predicted octanol–water partition coefficient (Wildman–Crippen LogP) is 0.990. The van der Waals surface area contributed by atoms with Crippen molar-refractivity contribution < 1.29 is 13.2 Å². The highest BCUT2D eigenvalue weighted by Gasteiger charge is 2.16. The molecule has 3 N–H and O–H groups in total. The van der Waals surface area contributed by atoms with E-state index < -0.39 is 15.9 Å². The number of hydrogen-bond donors (Lipinski definition) is 2. The molecule has 1 atom stereocenters. The fraction of sp³-hybridized carbons (Fsp3) is 0.533. The summed E-state index contributed by atoms with van der Waals surface area (Å²) in [5, 5.41) is 2.78. The molecule has 1 aromatic rings. The minimum absolute atomic E-state index is 0.0792. The molecule has 0 aliphatic rings. The predicted molar refractivity (Wildman–Crippen MR) is 84.8 cm³/mol. The van der Waals surface area contributed by atoms with Gasteiger partial charge in [-0.2, -0.15) is 0 Å². The number of hydrogen-bond acceptors (Lipinski definition) is 4. The van der Waals surface area contributed by atoms with E-state index in [2.05, 4.69) is 17.4 Å². The molecule has 1 unspecified atom stereocenters. The van der Waals surface area contributed by atoms with E-state index >= 15 is 0 Å². The van der Waals surface area contributed by atoms with Gasteiger partial charge in [-0.15, -0.1) is 0 Å². The monoisotopic (exact) mass is 312 g/mol. The Morgan fingerprint density at radius 1 is 1.24 bits per heavy atom. The van der Waals surface area contributed by atoms with Gasteiger partial charge >= 0.3 is 0 Å². The van der Waals surface area contributed by atoms with E-state index in [0.29, 0.717) is 6.54 Å². The molecule has 0 aromatic heterocycles. The average Bonchev–Trinajstić information content (AvgIpc) is 2.33. The number of carbonyl (C=O) groups is 1. The van der Waals surface area contributed by atoms with E-state index in [1.54, 1.807) is 0 Å². The van der Waals surface area contributed by atoms with Crippen LogP contribution in [0.1, 0.15) is 28.7 Å². The first kappa shape index (κ1) is 17.7. The van der Waals surface area contributed by atoms with Gasteiger partial charge in [-0.05, 0) is 43.9 Å². The maximum absolute atomic E-state index is 11.9. The van der Waals surface area contributed by atoms with Crippen molar-refractivity contribution in [3.05, 3.63) is 34.4 Å². The number of amides is 1. The summed E-state index contributed by atoms with van der Waals surface area (Å²) >= 11 is 0. The molecule has 0 heterocycles. The van der Waals surface area contributed by atoms with Crippen LogP contribution in [0.3, 0.4) is 0 Å². The average molecular weight is 312 g/mol. The van der Waals surface area contributed by atoms with Crippen molar-refractivity contribution in [1.29, 1.82) is 0 Å². The Morgan fingerprint density at radius 3 is 2.24 bits per heavy atom. The smallest absolute Gasteiger partial charge is 0.237 e. The Bertz CT molecular complexity index is 601. The van der Waals surface area contributed by atoms with E-state index in [4.69, 9.17) is 5.73 Å². The highest BCUT2D eigenvalue weighted by atomic mass is 32.2. The Balaban J connectivity index is 2.61. The molecule has 5 nitrogen and oxygen atoms in total. The van der Waals surface area contributed by atoms with Gasteiger partial charge in [-0.3, -0.25) is 4.79 Å². The van der Waals surface area contributed by atoms with Crippen LogP contribution >= 0.6 is 0 Å². The van der Waals surface area contributed by atoms with Crippen molar-refractivity contribution in [2.75, 3.05) is 12.0 Å². The molecule has 0 aliphatic carbocycles. The van der Waals surface area contributed by atoms with Crippen molar-refractivity contribution in [1.82, 2.24) is 5.32 Å². The van der Waals surface area contributed by atoms with Gasteiger partial charge in [0.25, 0.3) is 0 Å². The van der Waals surface area contributed by atoms with E-state index in [1.807, 2.05) is 20.8 Å². The highest BCUT2D eigenvalue weighted by molar-refractivity contribution is 7.90. The van der Waals surface area contributed by atoms with Gasteiger partial charge in [0, 0.05) is 12.8 Å². The number of sulfone groups is 1. The van der Waals surface area contributed by atoms with E-state index in [1.165, 1.54) is 5.56 Å². The number of nitrogens with two attached hydrogens (primary N) is 1. The van der Waals surface area contributed by atoms with Crippen LogP contribution in [0, 0.1) is 20.8 Å². The Labute approximate surface area is 126 Å². The Morgan fingerprint density at radius 2 is 1.76 bits per heavy atom. The molecule has 118 valence electrons. The summed E-state index contributed by atoms with van der Waals surface area (Å²) in [6.45, 7) is 6.45. The first-order valence-electron chi connectivity index (χ1n) is 6.88. The lowest BCUT2D eigenvalue weighted by molar-refractivity contribution is -0.122. The van der Waals surface area contributed by atoms with E-state index in [-0.39, 0.29) is 18.1 Å². The van der Waals surface area contributed by atoms with Crippen LogP contribution < -0.4 is 11.1 Å². The van der Waals surface area contributed by atoms with Crippen LogP contribution in [-0.2, 0) is 21.2 Å². The van der Waals surface area contributed by atoms with Crippen molar-refractivity contribution in [3.8, 4) is 0 Å². The number of aryl methyl sites for hydroxylation is 3. The molecule has 1 aromatic carbocycles. The van der Waals surface area contributed by atoms with Crippen LogP contribution in [0.4, 0.5) is 0 Å². The molecule has 21 heavy (non-hydrogen) atoms. The molecule has 0 saturated carbocycles. The minimum atomic E-state index is -3.10. The molecule has 0 aliphatic heterocycles. The molecule has 0 radical (unpaired) electrons. The van der Waals surface area contributed by atoms with Gasteiger partial charge in [0.05, 0.1) is 11.8 Å². The van der Waals surface area contributed by atoms with Crippen molar-refractivity contribution >= 4 is 15.7 Å². The summed E-state index contributed by atoms with van der Waals surface area (Å²) in [7, 11) is -3.10. The molecule has 6 heteroatoms.